The molecular weight excluding hydrogens is 604 g/mol. The van der Waals surface area contributed by atoms with Crippen LogP contribution in [0.1, 0.15) is 51.8 Å². The smallest absolute Gasteiger partial charge is 0.310 e. The Balaban J connectivity index is 0.000000775. The second-order valence-electron chi connectivity index (χ2n) is 13.0. The first-order valence-corrected chi connectivity index (χ1v) is 16.0. The Kier molecular flexibility index (Phi) is 10.1. The number of methoxy groups -OCH3 is 1. The standard InChI is InChI=1S/C32H33ClN4O4.C4H10O/c1-21-25(19-30(38)39-3)31-36-13-11-32(2,12-14-36)41-16-5-4-15-40-28-10-9-24(33)18-26(28)22-7-6-8-23(17-22)27-20-29(34-21)37(31)35-27;1-4(2,3)5/h4-10,17-18,20H,11-16,19H2,1-3H3;5H,1-3H3/b5-4+;. The van der Waals surface area contributed by atoms with Gasteiger partial charge in [0.25, 0.3) is 0 Å². The number of ether oxygens (including phenoxy) is 3. The maximum absolute atomic E-state index is 12.5. The molecule has 9 nitrogen and oxygen atoms in total. The molecule has 1 saturated heterocycles. The molecule has 0 spiro atoms. The minimum absolute atomic E-state index is 0.123. The highest BCUT2D eigenvalue weighted by molar-refractivity contribution is 6.31. The van der Waals surface area contributed by atoms with Crippen LogP contribution in [0.5, 0.6) is 5.75 Å². The van der Waals surface area contributed by atoms with Crippen molar-refractivity contribution >= 4 is 29.0 Å². The van der Waals surface area contributed by atoms with E-state index in [9.17, 15) is 4.79 Å². The largest absolute Gasteiger partial charge is 0.489 e. The number of esters is 1. The fourth-order valence-corrected chi connectivity index (χ4v) is 5.76. The van der Waals surface area contributed by atoms with Crippen LogP contribution in [-0.2, 0) is 20.7 Å². The molecule has 7 rings (SSSR count). The molecule has 46 heavy (non-hydrogen) atoms. The second kappa shape index (κ2) is 13.8. The van der Waals surface area contributed by atoms with E-state index < -0.39 is 5.60 Å². The third kappa shape index (κ3) is 8.07. The van der Waals surface area contributed by atoms with Crippen molar-refractivity contribution in [2.45, 2.75) is 65.1 Å². The van der Waals surface area contributed by atoms with E-state index in [-0.39, 0.29) is 18.0 Å². The molecule has 0 aliphatic carbocycles. The Labute approximate surface area is 275 Å². The summed E-state index contributed by atoms with van der Waals surface area (Å²) in [5.41, 5.74) is 5.17. The van der Waals surface area contributed by atoms with Crippen LogP contribution in [0.2, 0.25) is 5.02 Å². The summed E-state index contributed by atoms with van der Waals surface area (Å²) >= 11 is 6.41. The zero-order chi connectivity index (χ0) is 33.1. The van der Waals surface area contributed by atoms with Gasteiger partial charge in [0.2, 0.25) is 0 Å². The lowest BCUT2D eigenvalue weighted by molar-refractivity contribution is -0.139. The normalized spacial score (nSPS) is 16.7. The van der Waals surface area contributed by atoms with Crippen LogP contribution in [0.15, 0.2) is 60.7 Å². The molecular formula is C36H43ClN4O5. The highest BCUT2D eigenvalue weighted by Crippen LogP contribution is 2.37. The summed E-state index contributed by atoms with van der Waals surface area (Å²) in [6, 6.07) is 15.8. The van der Waals surface area contributed by atoms with Crippen molar-refractivity contribution in [3.63, 3.8) is 0 Å². The fourth-order valence-electron chi connectivity index (χ4n) is 5.58. The van der Waals surface area contributed by atoms with Gasteiger partial charge in [-0.3, -0.25) is 4.79 Å². The lowest BCUT2D eigenvalue weighted by Gasteiger charge is -2.40. The van der Waals surface area contributed by atoms with Gasteiger partial charge in [0.05, 0.1) is 37.0 Å². The number of aliphatic hydroxyl groups is 1. The minimum atomic E-state index is -0.500. The predicted octanol–water partition coefficient (Wildman–Crippen LogP) is 6.84. The molecule has 5 heterocycles. The lowest BCUT2D eigenvalue weighted by Crippen LogP contribution is -2.45. The third-order valence-electron chi connectivity index (χ3n) is 7.99. The van der Waals surface area contributed by atoms with Gasteiger partial charge in [-0.25, -0.2) is 4.98 Å². The van der Waals surface area contributed by atoms with Crippen LogP contribution in [0.4, 0.5) is 5.82 Å². The van der Waals surface area contributed by atoms with Crippen LogP contribution in [-0.4, -0.2) is 70.3 Å². The van der Waals surface area contributed by atoms with Crippen molar-refractivity contribution in [2.75, 3.05) is 38.3 Å². The van der Waals surface area contributed by atoms with Crippen LogP contribution in [0.25, 0.3) is 28.0 Å². The fraction of sp³-hybridized carbons (Fsp3) is 0.417. The van der Waals surface area contributed by atoms with Crippen LogP contribution in [0.3, 0.4) is 0 Å². The Morgan fingerprint density at radius 3 is 2.48 bits per heavy atom. The number of nitrogens with zero attached hydrogens (tertiary/aromatic N) is 4. The van der Waals surface area contributed by atoms with Crippen molar-refractivity contribution in [2.24, 2.45) is 0 Å². The summed E-state index contributed by atoms with van der Waals surface area (Å²) in [7, 11) is 1.41. The molecule has 2 aromatic carbocycles. The van der Waals surface area contributed by atoms with E-state index in [1.165, 1.54) is 7.11 Å². The number of aryl methyl sites for hydroxylation is 1. The molecule has 10 heteroatoms. The third-order valence-corrected chi connectivity index (χ3v) is 8.23. The number of anilines is 1. The zero-order valence-electron chi connectivity index (χ0n) is 27.5. The van der Waals surface area contributed by atoms with Crippen molar-refractivity contribution in [3.8, 4) is 28.1 Å². The Morgan fingerprint density at radius 1 is 1.07 bits per heavy atom. The number of halogens is 1. The van der Waals surface area contributed by atoms with Crippen molar-refractivity contribution in [1.29, 1.82) is 0 Å². The average molecular weight is 647 g/mol. The van der Waals surface area contributed by atoms with E-state index in [2.05, 4.69) is 17.9 Å². The van der Waals surface area contributed by atoms with Gasteiger partial charge >= 0.3 is 5.97 Å². The molecule has 0 radical (unpaired) electrons. The Hall–Kier alpha value is -3.92. The molecule has 3 aliphatic heterocycles. The quantitative estimate of drug-likeness (QED) is 0.187. The van der Waals surface area contributed by atoms with Gasteiger partial charge in [0.1, 0.15) is 18.2 Å². The van der Waals surface area contributed by atoms with E-state index in [1.54, 1.807) is 20.8 Å². The van der Waals surface area contributed by atoms with Crippen molar-refractivity contribution in [3.05, 3.63) is 77.0 Å². The molecule has 3 aliphatic rings. The molecule has 4 aromatic rings. The first-order valence-electron chi connectivity index (χ1n) is 15.6. The van der Waals surface area contributed by atoms with E-state index in [0.717, 1.165) is 76.8 Å². The first-order chi connectivity index (χ1) is 21.8. The summed E-state index contributed by atoms with van der Waals surface area (Å²) < 4.78 is 19.4. The molecule has 1 N–H and O–H groups in total. The molecule has 0 saturated carbocycles. The highest BCUT2D eigenvalue weighted by Gasteiger charge is 2.33. The molecule has 0 atom stereocenters. The highest BCUT2D eigenvalue weighted by atomic mass is 35.5. The van der Waals surface area contributed by atoms with E-state index in [0.29, 0.717) is 18.2 Å². The first kappa shape index (κ1) is 33.4. The average Bonchev–Trinajstić information content (AvgIpc) is 3.43. The number of benzene rings is 2. The molecule has 1 fully saturated rings. The van der Waals surface area contributed by atoms with Gasteiger partial charge in [-0.2, -0.15) is 9.61 Å². The molecule has 2 aromatic heterocycles. The zero-order valence-corrected chi connectivity index (χ0v) is 28.2. The molecule has 0 unspecified atom stereocenters. The maximum Gasteiger partial charge on any atom is 0.310 e. The molecule has 0 amide bonds. The number of fused-ring (bicyclic) bond motifs is 6. The van der Waals surface area contributed by atoms with Gasteiger partial charge in [-0.05, 0) is 83.4 Å². The van der Waals surface area contributed by atoms with Crippen LogP contribution in [0, 0.1) is 6.92 Å². The monoisotopic (exact) mass is 646 g/mol. The summed E-state index contributed by atoms with van der Waals surface area (Å²) in [6.07, 6.45) is 5.79. The number of aromatic nitrogens is 3. The number of hydrogen-bond acceptors (Lipinski definition) is 8. The SMILES string of the molecule is CC(C)(C)O.COC(=O)Cc1c(C)nc2cc3nn2c1N1CCC(C)(CC1)OC/C=C/COc1ccc(Cl)cc1-c1cccc-3c1. The number of rotatable bonds is 2. The summed E-state index contributed by atoms with van der Waals surface area (Å²) in [5, 5.41) is 14.2. The van der Waals surface area contributed by atoms with Gasteiger partial charge in [0, 0.05) is 46.6 Å². The number of carbonyl (C=O) groups excluding carboxylic acids is 1. The van der Waals surface area contributed by atoms with E-state index in [1.807, 2.05) is 66.1 Å². The molecule has 244 valence electrons. The number of hydrogen-bond donors (Lipinski definition) is 1. The van der Waals surface area contributed by atoms with Gasteiger partial charge in [0.15, 0.2) is 5.65 Å². The summed E-state index contributed by atoms with van der Waals surface area (Å²) in [5.74, 6) is 1.32. The lowest BCUT2D eigenvalue weighted by atomic mass is 9.93. The summed E-state index contributed by atoms with van der Waals surface area (Å²) in [4.78, 5) is 19.6. The minimum Gasteiger partial charge on any atom is -0.489 e. The Bertz CT molecular complexity index is 1730. The van der Waals surface area contributed by atoms with Gasteiger partial charge < -0.3 is 24.2 Å². The van der Waals surface area contributed by atoms with Crippen LogP contribution < -0.4 is 9.64 Å². The summed E-state index contributed by atoms with van der Waals surface area (Å²) in [6.45, 7) is 11.8. The van der Waals surface area contributed by atoms with Gasteiger partial charge in [-0.1, -0.05) is 35.9 Å². The van der Waals surface area contributed by atoms with Gasteiger partial charge in [-0.15, -0.1) is 0 Å². The topological polar surface area (TPSA) is 98.4 Å². The van der Waals surface area contributed by atoms with Crippen molar-refractivity contribution < 1.29 is 24.1 Å². The number of piperidine rings is 1. The van der Waals surface area contributed by atoms with Crippen LogP contribution >= 0.6 is 11.6 Å². The van der Waals surface area contributed by atoms with E-state index in [4.69, 9.17) is 41.0 Å². The van der Waals surface area contributed by atoms with Crippen molar-refractivity contribution in [1.82, 2.24) is 14.6 Å². The second-order valence-corrected chi connectivity index (χ2v) is 13.4. The predicted molar refractivity (Wildman–Crippen MR) is 182 cm³/mol. The number of carbonyl (C=O) groups is 1. The van der Waals surface area contributed by atoms with E-state index >= 15 is 0 Å². The maximum atomic E-state index is 12.5. The Morgan fingerprint density at radius 2 is 1.76 bits per heavy atom. The molecule has 6 bridgehead atoms.